The first-order valence-corrected chi connectivity index (χ1v) is 11.4. The fourth-order valence-corrected chi connectivity index (χ4v) is 5.14. The van der Waals surface area contributed by atoms with E-state index in [1.54, 1.807) is 28.8 Å². The van der Waals surface area contributed by atoms with Crippen LogP contribution < -0.4 is 5.32 Å². The van der Waals surface area contributed by atoms with Gasteiger partial charge < -0.3 is 10.2 Å². The van der Waals surface area contributed by atoms with Crippen LogP contribution in [-0.4, -0.2) is 58.9 Å². The Kier molecular flexibility index (Phi) is 6.52. The highest BCUT2D eigenvalue weighted by Gasteiger charge is 2.34. The zero-order valence-corrected chi connectivity index (χ0v) is 17.4. The number of amides is 2. The molecule has 2 aromatic rings. The third-order valence-electron chi connectivity index (χ3n) is 5.63. The number of carbonyl (C=O) groups excluding carboxylic acids is 2. The van der Waals surface area contributed by atoms with Gasteiger partial charge in [0.1, 0.15) is 6.04 Å². The summed E-state index contributed by atoms with van der Waals surface area (Å²) >= 11 is 1.63. The first kappa shape index (κ1) is 20.0. The first-order valence-electron chi connectivity index (χ1n) is 10.2. The molecule has 0 saturated carbocycles. The van der Waals surface area contributed by atoms with Gasteiger partial charge in [0, 0.05) is 37.5 Å². The van der Waals surface area contributed by atoms with Gasteiger partial charge in [-0.05, 0) is 36.1 Å². The normalized spacial score (nSPS) is 19.0. The maximum absolute atomic E-state index is 12.7. The van der Waals surface area contributed by atoms with Gasteiger partial charge in [0.05, 0.1) is 5.88 Å². The molecular weight excluding hydrogens is 382 g/mol. The molecule has 5 nitrogen and oxygen atoms in total. The second kappa shape index (κ2) is 9.46. The van der Waals surface area contributed by atoms with Crippen molar-refractivity contribution in [1.29, 1.82) is 0 Å². The number of carbonyl (C=O) groups is 2. The Balaban J connectivity index is 1.23. The summed E-state index contributed by atoms with van der Waals surface area (Å²) in [5, 5.41) is 3.05. The molecule has 0 spiro atoms. The van der Waals surface area contributed by atoms with Gasteiger partial charge in [-0.15, -0.1) is 11.8 Å². The molecule has 0 aliphatic carbocycles. The molecule has 1 atom stereocenters. The average molecular weight is 410 g/mol. The van der Waals surface area contributed by atoms with E-state index in [4.69, 9.17) is 0 Å². The molecule has 2 heterocycles. The number of nitrogens with zero attached hydrogens (tertiary/aromatic N) is 2. The fraction of sp³-hybridized carbons (Fsp3) is 0.391. The van der Waals surface area contributed by atoms with Crippen molar-refractivity contribution in [3.63, 3.8) is 0 Å². The predicted octanol–water partition coefficient (Wildman–Crippen LogP) is 2.77. The van der Waals surface area contributed by atoms with E-state index in [1.807, 2.05) is 18.2 Å². The highest BCUT2D eigenvalue weighted by atomic mass is 32.2. The number of benzene rings is 2. The van der Waals surface area contributed by atoms with Gasteiger partial charge in [0.15, 0.2) is 0 Å². The number of fused-ring (bicyclic) bond motifs is 1. The molecule has 6 heteroatoms. The summed E-state index contributed by atoms with van der Waals surface area (Å²) in [4.78, 5) is 29.5. The minimum atomic E-state index is -0.380. The third-order valence-corrected chi connectivity index (χ3v) is 6.64. The molecule has 1 unspecified atom stereocenters. The van der Waals surface area contributed by atoms with Crippen LogP contribution in [0.5, 0.6) is 0 Å². The van der Waals surface area contributed by atoms with Gasteiger partial charge in [-0.2, -0.15) is 0 Å². The zero-order chi connectivity index (χ0) is 20.1. The highest BCUT2D eigenvalue weighted by Crippen LogP contribution is 2.23. The van der Waals surface area contributed by atoms with E-state index in [9.17, 15) is 9.59 Å². The summed E-state index contributed by atoms with van der Waals surface area (Å²) in [7, 11) is 0. The van der Waals surface area contributed by atoms with Gasteiger partial charge >= 0.3 is 0 Å². The molecule has 2 aliphatic heterocycles. The molecule has 2 amide bonds. The first-order chi connectivity index (χ1) is 14.2. The quantitative estimate of drug-likeness (QED) is 0.746. The van der Waals surface area contributed by atoms with E-state index >= 15 is 0 Å². The smallest absolute Gasteiger partial charge is 0.255 e. The Labute approximate surface area is 176 Å². The van der Waals surface area contributed by atoms with E-state index in [0.29, 0.717) is 23.7 Å². The van der Waals surface area contributed by atoms with E-state index in [-0.39, 0.29) is 17.9 Å². The Bertz CT molecular complexity index is 858. The van der Waals surface area contributed by atoms with Crippen LogP contribution in [0.25, 0.3) is 0 Å². The van der Waals surface area contributed by atoms with E-state index in [1.165, 1.54) is 11.1 Å². The Hall–Kier alpha value is -2.31. The molecule has 1 N–H and O–H groups in total. The standard InChI is InChI=1S/C23H27N3O2S/c27-22(21-16-29-17-26(21)23(28)19-8-2-1-3-9-19)24-12-6-13-25-14-11-18-7-4-5-10-20(18)15-25/h1-5,7-10,21H,6,11-17H2,(H,24,27). The molecule has 152 valence electrons. The molecular formula is C23H27N3O2S. The van der Waals surface area contributed by atoms with Crippen LogP contribution in [0.2, 0.25) is 0 Å². The maximum atomic E-state index is 12.7. The minimum Gasteiger partial charge on any atom is -0.354 e. The second-order valence-corrected chi connectivity index (χ2v) is 8.60. The molecule has 0 bridgehead atoms. The van der Waals surface area contributed by atoms with Crippen LogP contribution >= 0.6 is 11.8 Å². The molecule has 0 radical (unpaired) electrons. The lowest BCUT2D eigenvalue weighted by molar-refractivity contribution is -0.124. The van der Waals surface area contributed by atoms with Gasteiger partial charge in [-0.3, -0.25) is 14.5 Å². The lowest BCUT2D eigenvalue weighted by Crippen LogP contribution is -2.47. The Morgan fingerprint density at radius 3 is 2.62 bits per heavy atom. The topological polar surface area (TPSA) is 52.7 Å². The van der Waals surface area contributed by atoms with Crippen molar-refractivity contribution < 1.29 is 9.59 Å². The van der Waals surface area contributed by atoms with Crippen LogP contribution in [0, 0.1) is 0 Å². The van der Waals surface area contributed by atoms with Crippen molar-refractivity contribution in [2.45, 2.75) is 25.4 Å². The Morgan fingerprint density at radius 1 is 1.03 bits per heavy atom. The summed E-state index contributed by atoms with van der Waals surface area (Å²) in [6.45, 7) is 3.68. The molecule has 1 saturated heterocycles. The van der Waals surface area contributed by atoms with Crippen LogP contribution in [0.3, 0.4) is 0 Å². The van der Waals surface area contributed by atoms with Crippen molar-refractivity contribution in [1.82, 2.24) is 15.1 Å². The van der Waals surface area contributed by atoms with Gasteiger partial charge in [-0.1, -0.05) is 42.5 Å². The summed E-state index contributed by atoms with van der Waals surface area (Å²) in [5.74, 6) is 1.12. The van der Waals surface area contributed by atoms with Crippen molar-refractivity contribution in [3.8, 4) is 0 Å². The van der Waals surface area contributed by atoms with Crippen molar-refractivity contribution in [2.75, 3.05) is 31.3 Å². The summed E-state index contributed by atoms with van der Waals surface area (Å²) < 4.78 is 0. The molecule has 1 fully saturated rings. The van der Waals surface area contributed by atoms with E-state index < -0.39 is 0 Å². The lowest BCUT2D eigenvalue weighted by atomic mass is 10.00. The summed E-state index contributed by atoms with van der Waals surface area (Å²) in [5.41, 5.74) is 3.51. The van der Waals surface area contributed by atoms with Crippen LogP contribution in [-0.2, 0) is 17.8 Å². The van der Waals surface area contributed by atoms with Crippen molar-refractivity contribution in [2.24, 2.45) is 0 Å². The van der Waals surface area contributed by atoms with Gasteiger partial charge in [0.2, 0.25) is 5.91 Å². The van der Waals surface area contributed by atoms with Crippen molar-refractivity contribution in [3.05, 3.63) is 71.3 Å². The monoisotopic (exact) mass is 409 g/mol. The van der Waals surface area contributed by atoms with E-state index in [2.05, 4.69) is 34.5 Å². The van der Waals surface area contributed by atoms with Crippen molar-refractivity contribution >= 4 is 23.6 Å². The SMILES string of the molecule is O=C(NCCCN1CCc2ccccc2C1)C1CSCN1C(=O)c1ccccc1. The third kappa shape index (κ3) is 4.82. The summed E-state index contributed by atoms with van der Waals surface area (Å²) in [6.07, 6.45) is 2.01. The largest absolute Gasteiger partial charge is 0.354 e. The molecule has 2 aliphatic rings. The van der Waals surface area contributed by atoms with Crippen LogP contribution in [0.15, 0.2) is 54.6 Å². The molecule has 29 heavy (non-hydrogen) atoms. The highest BCUT2D eigenvalue weighted by molar-refractivity contribution is 7.99. The molecule has 2 aromatic carbocycles. The van der Waals surface area contributed by atoms with Gasteiger partial charge in [0.25, 0.3) is 5.91 Å². The van der Waals surface area contributed by atoms with Gasteiger partial charge in [-0.25, -0.2) is 0 Å². The zero-order valence-electron chi connectivity index (χ0n) is 16.5. The number of rotatable bonds is 6. The lowest BCUT2D eigenvalue weighted by Gasteiger charge is -2.28. The number of nitrogens with one attached hydrogen (secondary N) is 1. The van der Waals surface area contributed by atoms with Crippen LogP contribution in [0.1, 0.15) is 27.9 Å². The van der Waals surface area contributed by atoms with Crippen LogP contribution in [0.4, 0.5) is 0 Å². The molecule has 0 aromatic heterocycles. The second-order valence-electron chi connectivity index (χ2n) is 7.60. The number of hydrogen-bond donors (Lipinski definition) is 1. The Morgan fingerprint density at radius 2 is 1.79 bits per heavy atom. The predicted molar refractivity (Wildman–Crippen MR) is 117 cm³/mol. The number of hydrogen-bond acceptors (Lipinski definition) is 4. The fourth-order valence-electron chi connectivity index (χ4n) is 3.98. The summed E-state index contributed by atoms with van der Waals surface area (Å²) in [6, 6.07) is 17.5. The minimum absolute atomic E-state index is 0.0386. The average Bonchev–Trinajstić information content (AvgIpc) is 3.26. The molecule has 4 rings (SSSR count). The number of thioether (sulfide) groups is 1. The van der Waals surface area contributed by atoms with E-state index in [0.717, 1.165) is 32.5 Å². The maximum Gasteiger partial charge on any atom is 0.255 e.